The van der Waals surface area contributed by atoms with Gasteiger partial charge in [0.05, 0.1) is 0 Å². The van der Waals surface area contributed by atoms with Crippen LogP contribution < -0.4 is 0 Å². The van der Waals surface area contributed by atoms with Crippen LogP contribution in [0.25, 0.3) is 0 Å². The molecule has 0 aliphatic heterocycles. The smallest absolute Gasteiger partial charge is 0.370 e. The molecule has 0 radical (unpaired) electrons. The molecular weight excluding hydrogens is 230 g/mol. The van der Waals surface area contributed by atoms with Crippen molar-refractivity contribution in [2.75, 3.05) is 6.61 Å². The molecule has 0 aliphatic carbocycles. The van der Waals surface area contributed by atoms with Gasteiger partial charge in [0.1, 0.15) is 0 Å². The summed E-state index contributed by atoms with van der Waals surface area (Å²) >= 11 is 0. The Morgan fingerprint density at radius 2 is 1.47 bits per heavy atom. The molecule has 0 aliphatic rings. The van der Waals surface area contributed by atoms with Crippen LogP contribution in [0.5, 0.6) is 0 Å². The van der Waals surface area contributed by atoms with E-state index in [0.717, 1.165) is 6.42 Å². The molecule has 0 bridgehead atoms. The maximum Gasteiger partial charge on any atom is 0.370 e. The summed E-state index contributed by atoms with van der Waals surface area (Å²) in [6.07, 6.45) is 1.67. The molecule has 0 aromatic rings. The molecule has 0 saturated carbocycles. The Bertz CT molecular complexity index is 264. The van der Waals surface area contributed by atoms with Gasteiger partial charge in [-0.3, -0.25) is 4.55 Å². The minimum atomic E-state index is -5.27. The summed E-state index contributed by atoms with van der Waals surface area (Å²) in [6, 6.07) is 0. The molecule has 2 N–H and O–H groups in total. The first-order valence-electron chi connectivity index (χ1n) is 4.77. The van der Waals surface area contributed by atoms with Crippen LogP contribution in [0.15, 0.2) is 0 Å². The van der Waals surface area contributed by atoms with Gasteiger partial charge in [0, 0.05) is 13.0 Å². The number of rotatable bonds is 8. The van der Waals surface area contributed by atoms with E-state index in [9.17, 15) is 17.2 Å². The summed E-state index contributed by atoms with van der Waals surface area (Å²) in [6.45, 7) is 0.0706. The fourth-order valence-electron chi connectivity index (χ4n) is 1.10. The van der Waals surface area contributed by atoms with Crippen molar-refractivity contribution in [3.05, 3.63) is 0 Å². The Morgan fingerprint density at radius 1 is 1.00 bits per heavy atom. The van der Waals surface area contributed by atoms with Crippen LogP contribution in [0.2, 0.25) is 0 Å². The zero-order valence-corrected chi connectivity index (χ0v) is 9.14. The number of aliphatic hydroxyl groups is 1. The van der Waals surface area contributed by atoms with Crippen LogP contribution in [-0.2, 0) is 10.1 Å². The zero-order chi connectivity index (χ0) is 11.9. The van der Waals surface area contributed by atoms with Crippen LogP contribution >= 0.6 is 0 Å². The van der Waals surface area contributed by atoms with E-state index in [1.165, 1.54) is 0 Å². The minimum Gasteiger partial charge on any atom is -0.396 e. The summed E-state index contributed by atoms with van der Waals surface area (Å²) < 4.78 is 53.8. The highest BCUT2D eigenvalue weighted by Crippen LogP contribution is 2.27. The van der Waals surface area contributed by atoms with E-state index >= 15 is 0 Å². The highest BCUT2D eigenvalue weighted by Gasteiger charge is 2.42. The molecule has 0 fully saturated rings. The van der Waals surface area contributed by atoms with Crippen LogP contribution in [0, 0.1) is 0 Å². The predicted molar refractivity (Wildman–Crippen MR) is 51.3 cm³/mol. The second kappa shape index (κ2) is 6.34. The Morgan fingerprint density at radius 3 is 1.93 bits per heavy atom. The molecular formula is C8H16F2O4S. The Hall–Kier alpha value is -0.270. The predicted octanol–water partition coefficient (Wildman–Crippen LogP) is 1.80. The van der Waals surface area contributed by atoms with Gasteiger partial charge in [-0.15, -0.1) is 0 Å². The average Bonchev–Trinajstić information content (AvgIpc) is 2.09. The molecule has 7 heteroatoms. The van der Waals surface area contributed by atoms with Crippen molar-refractivity contribution in [3.8, 4) is 0 Å². The zero-order valence-electron chi connectivity index (χ0n) is 8.32. The second-order valence-corrected chi connectivity index (χ2v) is 4.90. The first-order valence-corrected chi connectivity index (χ1v) is 6.21. The van der Waals surface area contributed by atoms with Gasteiger partial charge in [0.25, 0.3) is 0 Å². The van der Waals surface area contributed by atoms with E-state index < -0.39 is 21.8 Å². The molecule has 0 atom stereocenters. The van der Waals surface area contributed by atoms with Gasteiger partial charge in [-0.1, -0.05) is 19.3 Å². The third-order valence-corrected chi connectivity index (χ3v) is 2.96. The lowest BCUT2D eigenvalue weighted by Gasteiger charge is -2.11. The second-order valence-electron chi connectivity index (χ2n) is 3.35. The molecule has 0 aromatic carbocycles. The van der Waals surface area contributed by atoms with Crippen molar-refractivity contribution >= 4 is 10.1 Å². The summed E-state index contributed by atoms with van der Waals surface area (Å²) in [5.41, 5.74) is 0. The minimum absolute atomic E-state index is 0.0399. The third-order valence-electron chi connectivity index (χ3n) is 2.00. The van der Waals surface area contributed by atoms with Gasteiger partial charge in [-0.2, -0.15) is 17.2 Å². The lowest BCUT2D eigenvalue weighted by Crippen LogP contribution is -2.27. The SMILES string of the molecule is O=S(=O)(O)C(F)(F)CCCCCCCO. The van der Waals surface area contributed by atoms with Crippen LogP contribution in [-0.4, -0.2) is 29.9 Å². The number of unbranched alkanes of at least 4 members (excludes halogenated alkanes) is 4. The monoisotopic (exact) mass is 246 g/mol. The van der Waals surface area contributed by atoms with Crippen molar-refractivity contribution in [1.29, 1.82) is 0 Å². The quantitative estimate of drug-likeness (QED) is 0.506. The molecule has 0 saturated heterocycles. The van der Waals surface area contributed by atoms with Crippen molar-refractivity contribution in [2.24, 2.45) is 0 Å². The van der Waals surface area contributed by atoms with Gasteiger partial charge in [0.15, 0.2) is 0 Å². The highest BCUT2D eigenvalue weighted by molar-refractivity contribution is 7.86. The molecule has 0 unspecified atom stereocenters. The standard InChI is InChI=1S/C8H16F2O4S/c9-8(10,15(12,13)14)6-4-2-1-3-5-7-11/h11H,1-7H2,(H,12,13,14). The molecule has 15 heavy (non-hydrogen) atoms. The summed E-state index contributed by atoms with van der Waals surface area (Å²) in [5, 5.41) is 4.39. The number of hydrogen-bond donors (Lipinski definition) is 2. The van der Waals surface area contributed by atoms with E-state index in [0.29, 0.717) is 19.3 Å². The first-order chi connectivity index (χ1) is 6.81. The van der Waals surface area contributed by atoms with Gasteiger partial charge >= 0.3 is 15.4 Å². The summed E-state index contributed by atoms with van der Waals surface area (Å²) in [5.74, 6) is 0. The topological polar surface area (TPSA) is 74.6 Å². The van der Waals surface area contributed by atoms with Gasteiger partial charge in [-0.05, 0) is 12.8 Å². The number of aliphatic hydroxyl groups excluding tert-OH is 1. The Kier molecular flexibility index (Phi) is 6.23. The maximum absolute atomic E-state index is 12.6. The van der Waals surface area contributed by atoms with Crippen molar-refractivity contribution in [1.82, 2.24) is 0 Å². The van der Waals surface area contributed by atoms with Gasteiger partial charge in [-0.25, -0.2) is 0 Å². The van der Waals surface area contributed by atoms with Crippen molar-refractivity contribution in [3.63, 3.8) is 0 Å². The molecule has 0 rings (SSSR count). The van der Waals surface area contributed by atoms with Crippen molar-refractivity contribution < 1.29 is 26.9 Å². The molecule has 0 heterocycles. The Labute approximate surface area is 88.0 Å². The normalized spacial score (nSPS) is 13.1. The van der Waals surface area contributed by atoms with Crippen LogP contribution in [0.3, 0.4) is 0 Å². The van der Waals surface area contributed by atoms with E-state index in [1.807, 2.05) is 0 Å². The lowest BCUT2D eigenvalue weighted by molar-refractivity contribution is 0.0682. The van der Waals surface area contributed by atoms with E-state index in [2.05, 4.69) is 0 Å². The highest BCUT2D eigenvalue weighted by atomic mass is 32.2. The molecule has 0 aromatic heterocycles. The van der Waals surface area contributed by atoms with E-state index in [1.54, 1.807) is 0 Å². The number of halogens is 2. The maximum atomic E-state index is 12.6. The largest absolute Gasteiger partial charge is 0.396 e. The average molecular weight is 246 g/mol. The molecule has 92 valence electrons. The Balaban J connectivity index is 3.68. The number of hydrogen-bond acceptors (Lipinski definition) is 3. The van der Waals surface area contributed by atoms with E-state index in [-0.39, 0.29) is 13.0 Å². The van der Waals surface area contributed by atoms with Gasteiger partial charge in [0.2, 0.25) is 0 Å². The fraction of sp³-hybridized carbons (Fsp3) is 1.00. The lowest BCUT2D eigenvalue weighted by atomic mass is 10.1. The summed E-state index contributed by atoms with van der Waals surface area (Å²) in [4.78, 5) is 0. The third kappa shape index (κ3) is 6.01. The molecule has 0 spiro atoms. The first kappa shape index (κ1) is 14.7. The van der Waals surface area contributed by atoms with Crippen LogP contribution in [0.4, 0.5) is 8.78 Å². The molecule has 0 amide bonds. The molecule has 4 nitrogen and oxygen atoms in total. The summed E-state index contributed by atoms with van der Waals surface area (Å²) in [7, 11) is -5.27. The fourth-order valence-corrected chi connectivity index (χ4v) is 1.50. The number of alkyl halides is 2. The van der Waals surface area contributed by atoms with E-state index in [4.69, 9.17) is 9.66 Å². The van der Waals surface area contributed by atoms with Crippen molar-refractivity contribution in [2.45, 2.75) is 43.8 Å². The van der Waals surface area contributed by atoms with Gasteiger partial charge < -0.3 is 5.11 Å². The van der Waals surface area contributed by atoms with Crippen LogP contribution in [0.1, 0.15) is 38.5 Å².